The smallest absolute Gasteiger partial charge is 0.221 e. The fourth-order valence-corrected chi connectivity index (χ4v) is 3.97. The summed E-state index contributed by atoms with van der Waals surface area (Å²) < 4.78 is 29.1. The van der Waals surface area contributed by atoms with Crippen LogP contribution in [-0.2, 0) is 4.79 Å². The highest BCUT2D eigenvalue weighted by molar-refractivity contribution is 5.90. The molecular weight excluding hydrogens is 426 g/mol. The second-order valence-corrected chi connectivity index (χ2v) is 7.81. The number of nitriles is 1. The minimum absolute atomic E-state index is 0.00452. The topological polar surface area (TPSA) is 88.4 Å². The highest BCUT2D eigenvalue weighted by atomic mass is 19.1. The first-order valence-electron chi connectivity index (χ1n) is 10.5. The summed E-state index contributed by atoms with van der Waals surface area (Å²) in [6, 6.07) is 13.6. The molecule has 1 aliphatic rings. The number of piperazine rings is 1. The molecular formula is C25H22F2N4O2. The average Bonchev–Trinajstić information content (AvgIpc) is 2.81. The lowest BCUT2D eigenvalue weighted by Gasteiger charge is -2.30. The lowest BCUT2D eigenvalue weighted by atomic mass is 9.95. The molecule has 1 fully saturated rings. The summed E-state index contributed by atoms with van der Waals surface area (Å²) in [4.78, 5) is 13.3. The first-order valence-corrected chi connectivity index (χ1v) is 10.5. The lowest BCUT2D eigenvalue weighted by Crippen LogP contribution is -2.43. The maximum absolute atomic E-state index is 14.6. The maximum atomic E-state index is 14.6. The molecule has 3 aromatic rings. The van der Waals surface area contributed by atoms with Gasteiger partial charge in [0.1, 0.15) is 23.5 Å². The van der Waals surface area contributed by atoms with Gasteiger partial charge in [0.05, 0.1) is 16.9 Å². The van der Waals surface area contributed by atoms with Gasteiger partial charge in [0.2, 0.25) is 5.91 Å². The Labute approximate surface area is 190 Å². The highest BCUT2D eigenvalue weighted by Crippen LogP contribution is 2.41. The van der Waals surface area contributed by atoms with Crippen LogP contribution >= 0.6 is 0 Å². The molecule has 1 aliphatic heterocycles. The number of rotatable bonds is 4. The number of phenolic OH excluding ortho intramolecular Hbond substituents is 1. The molecule has 3 aromatic carbocycles. The van der Waals surface area contributed by atoms with Crippen LogP contribution < -0.4 is 15.5 Å². The molecule has 0 aliphatic carbocycles. The van der Waals surface area contributed by atoms with Crippen molar-refractivity contribution in [2.24, 2.45) is 0 Å². The van der Waals surface area contributed by atoms with E-state index in [4.69, 9.17) is 0 Å². The van der Waals surface area contributed by atoms with Gasteiger partial charge in [-0.25, -0.2) is 8.78 Å². The number of carbonyl (C=O) groups excluding carboxylic acids is 1. The lowest BCUT2D eigenvalue weighted by molar-refractivity contribution is -0.114. The summed E-state index contributed by atoms with van der Waals surface area (Å²) >= 11 is 0. The zero-order valence-electron chi connectivity index (χ0n) is 18.0. The van der Waals surface area contributed by atoms with Crippen molar-refractivity contribution in [3.05, 3.63) is 65.7 Å². The minimum Gasteiger partial charge on any atom is -0.507 e. The summed E-state index contributed by atoms with van der Waals surface area (Å²) in [6.07, 6.45) is 0. The number of benzene rings is 3. The first kappa shape index (κ1) is 22.2. The van der Waals surface area contributed by atoms with Crippen molar-refractivity contribution in [1.29, 1.82) is 5.26 Å². The molecule has 1 saturated heterocycles. The molecule has 1 heterocycles. The van der Waals surface area contributed by atoms with Crippen molar-refractivity contribution < 1.29 is 18.7 Å². The Morgan fingerprint density at radius 2 is 1.70 bits per heavy atom. The van der Waals surface area contributed by atoms with Crippen LogP contribution in [0.4, 0.5) is 20.2 Å². The van der Waals surface area contributed by atoms with E-state index in [1.54, 1.807) is 18.2 Å². The van der Waals surface area contributed by atoms with E-state index in [9.17, 15) is 23.9 Å². The number of halogens is 2. The normalized spacial score (nSPS) is 13.5. The first-order chi connectivity index (χ1) is 15.9. The Hall–Kier alpha value is -3.96. The van der Waals surface area contributed by atoms with E-state index in [0.717, 1.165) is 38.3 Å². The van der Waals surface area contributed by atoms with E-state index < -0.39 is 17.5 Å². The Balaban J connectivity index is 1.79. The molecule has 3 N–H and O–H groups in total. The molecule has 0 atom stereocenters. The molecule has 0 aromatic heterocycles. The largest absolute Gasteiger partial charge is 0.507 e. The molecule has 0 spiro atoms. The number of nitrogens with one attached hydrogen (secondary N) is 2. The third-order valence-corrected chi connectivity index (χ3v) is 5.55. The van der Waals surface area contributed by atoms with Crippen LogP contribution in [0.15, 0.2) is 48.5 Å². The molecule has 0 unspecified atom stereocenters. The van der Waals surface area contributed by atoms with Crippen LogP contribution in [0.1, 0.15) is 12.5 Å². The van der Waals surface area contributed by atoms with Gasteiger partial charge in [-0.2, -0.15) is 5.26 Å². The van der Waals surface area contributed by atoms with E-state index in [-0.39, 0.29) is 28.1 Å². The van der Waals surface area contributed by atoms with Crippen LogP contribution in [0.2, 0.25) is 0 Å². The zero-order chi connectivity index (χ0) is 23.5. The third kappa shape index (κ3) is 4.64. The predicted molar refractivity (Wildman–Crippen MR) is 123 cm³/mol. The number of phenols is 1. The van der Waals surface area contributed by atoms with Crippen LogP contribution in [0, 0.1) is 23.0 Å². The highest BCUT2D eigenvalue weighted by Gasteiger charge is 2.19. The van der Waals surface area contributed by atoms with Gasteiger partial charge < -0.3 is 20.6 Å². The second-order valence-electron chi connectivity index (χ2n) is 7.81. The standard InChI is InChI=1S/C25H22F2N4O2/c1-15(32)30-23-5-4-16(10-22(23)27)20-12-19(26)13-21(25(20)33)17-2-3-18(14-28)24(11-17)31-8-6-29-7-9-31/h2-5,10-13,29,33H,6-9H2,1H3,(H,30,32). The number of carbonyl (C=O) groups is 1. The summed E-state index contributed by atoms with van der Waals surface area (Å²) in [5, 5.41) is 26.2. The van der Waals surface area contributed by atoms with E-state index in [1.165, 1.54) is 25.1 Å². The Morgan fingerprint density at radius 1 is 1.06 bits per heavy atom. The quantitative estimate of drug-likeness (QED) is 0.556. The summed E-state index contributed by atoms with van der Waals surface area (Å²) in [6.45, 7) is 4.27. The summed E-state index contributed by atoms with van der Waals surface area (Å²) in [7, 11) is 0. The molecule has 168 valence electrons. The van der Waals surface area contributed by atoms with Crippen molar-refractivity contribution in [2.75, 3.05) is 36.4 Å². The Morgan fingerprint density at radius 3 is 2.30 bits per heavy atom. The summed E-state index contributed by atoms with van der Waals surface area (Å²) in [5.41, 5.74) is 2.35. The zero-order valence-corrected chi connectivity index (χ0v) is 18.0. The van der Waals surface area contributed by atoms with Crippen LogP contribution in [0.3, 0.4) is 0 Å². The average molecular weight is 448 g/mol. The molecule has 8 heteroatoms. The fourth-order valence-electron chi connectivity index (χ4n) is 3.97. The molecule has 0 saturated carbocycles. The van der Waals surface area contributed by atoms with E-state index in [0.29, 0.717) is 16.8 Å². The van der Waals surface area contributed by atoms with Crippen molar-refractivity contribution in [1.82, 2.24) is 5.32 Å². The second kappa shape index (κ2) is 9.27. The van der Waals surface area contributed by atoms with E-state index in [1.807, 2.05) is 0 Å². The van der Waals surface area contributed by atoms with Gasteiger partial charge in [-0.1, -0.05) is 12.1 Å². The van der Waals surface area contributed by atoms with Gasteiger partial charge >= 0.3 is 0 Å². The third-order valence-electron chi connectivity index (χ3n) is 5.55. The molecule has 0 bridgehead atoms. The predicted octanol–water partition coefficient (Wildman–Crippen LogP) is 4.24. The van der Waals surface area contributed by atoms with Crippen molar-refractivity contribution in [2.45, 2.75) is 6.92 Å². The van der Waals surface area contributed by atoms with Gasteiger partial charge in [-0.3, -0.25) is 4.79 Å². The molecule has 6 nitrogen and oxygen atoms in total. The van der Waals surface area contributed by atoms with E-state index in [2.05, 4.69) is 21.6 Å². The van der Waals surface area contributed by atoms with Gasteiger partial charge in [0.25, 0.3) is 0 Å². The Bertz CT molecular complexity index is 1260. The summed E-state index contributed by atoms with van der Waals surface area (Å²) in [5.74, 6) is -1.93. The number of nitrogens with zero attached hydrogens (tertiary/aromatic N) is 2. The van der Waals surface area contributed by atoms with Gasteiger partial charge in [-0.05, 0) is 47.5 Å². The number of anilines is 2. The monoisotopic (exact) mass is 448 g/mol. The molecule has 33 heavy (non-hydrogen) atoms. The number of aromatic hydroxyl groups is 1. The Kier molecular flexibility index (Phi) is 6.24. The van der Waals surface area contributed by atoms with Crippen LogP contribution in [0.25, 0.3) is 22.3 Å². The molecule has 0 radical (unpaired) electrons. The molecule has 4 rings (SSSR count). The fraction of sp³-hybridized carbons (Fsp3) is 0.200. The van der Waals surface area contributed by atoms with Crippen LogP contribution in [0.5, 0.6) is 5.75 Å². The van der Waals surface area contributed by atoms with Gasteiger partial charge in [0.15, 0.2) is 0 Å². The number of hydrogen-bond acceptors (Lipinski definition) is 5. The maximum Gasteiger partial charge on any atom is 0.221 e. The van der Waals surface area contributed by atoms with Crippen LogP contribution in [-0.4, -0.2) is 37.2 Å². The SMILES string of the molecule is CC(=O)Nc1ccc(-c2cc(F)cc(-c3ccc(C#N)c(N4CCNCC4)c3)c2O)cc1F. The number of hydrogen-bond donors (Lipinski definition) is 3. The molecule has 1 amide bonds. The minimum atomic E-state index is -0.702. The van der Waals surface area contributed by atoms with Crippen molar-refractivity contribution in [3.63, 3.8) is 0 Å². The number of amides is 1. The van der Waals surface area contributed by atoms with Gasteiger partial charge in [-0.15, -0.1) is 0 Å². The van der Waals surface area contributed by atoms with Crippen molar-refractivity contribution >= 4 is 17.3 Å². The van der Waals surface area contributed by atoms with Crippen molar-refractivity contribution in [3.8, 4) is 34.1 Å². The van der Waals surface area contributed by atoms with E-state index >= 15 is 0 Å². The van der Waals surface area contributed by atoms with Gasteiger partial charge in [0, 0.05) is 44.2 Å².